The fourth-order valence-electron chi connectivity index (χ4n) is 4.98. The topological polar surface area (TPSA) is 121 Å². The van der Waals surface area contributed by atoms with Crippen LogP contribution in [0.1, 0.15) is 73.6 Å². The first-order valence-corrected chi connectivity index (χ1v) is 15.1. The Morgan fingerprint density at radius 2 is 1.89 bits per heavy atom. The Balaban J connectivity index is 1.91. The number of ether oxygens (including phenoxy) is 2. The molecule has 2 aromatic rings. The second-order valence-electron chi connectivity index (χ2n) is 11.6. The molecule has 2 heterocycles. The van der Waals surface area contributed by atoms with Gasteiger partial charge in [-0.3, -0.25) is 19.4 Å². The number of carbonyl (C=O) groups excluding carboxylic acids is 3. The number of aliphatic hydroxyl groups is 1. The summed E-state index contributed by atoms with van der Waals surface area (Å²) in [5.41, 5.74) is 0.945. The van der Waals surface area contributed by atoms with Crippen LogP contribution >= 0.6 is 0 Å². The minimum Gasteiger partial charge on any atom is -0.490 e. The van der Waals surface area contributed by atoms with Gasteiger partial charge in [0.15, 0.2) is 0 Å². The number of pyridine rings is 1. The molecule has 0 fully saturated rings. The van der Waals surface area contributed by atoms with E-state index in [4.69, 9.17) is 9.47 Å². The Hall–Kier alpha value is -3.71. The van der Waals surface area contributed by atoms with Gasteiger partial charge < -0.3 is 29.7 Å². The van der Waals surface area contributed by atoms with Crippen molar-refractivity contribution >= 4 is 23.4 Å². The number of alkyl halides is 3. The number of hydrogen-bond donors (Lipinski definition) is 2. The molecule has 45 heavy (non-hydrogen) atoms. The average molecular weight is 637 g/mol. The fraction of sp³-hybridized carbons (Fsp3) is 0.562. The molecule has 1 aromatic carbocycles. The van der Waals surface area contributed by atoms with Crippen LogP contribution in [-0.4, -0.2) is 95.4 Å². The van der Waals surface area contributed by atoms with Crippen LogP contribution in [0.15, 0.2) is 42.7 Å². The summed E-state index contributed by atoms with van der Waals surface area (Å²) in [5, 5.41) is 12.9. The highest BCUT2D eigenvalue weighted by Gasteiger charge is 2.32. The lowest BCUT2D eigenvalue weighted by Crippen LogP contribution is -2.48. The molecule has 13 heteroatoms. The second-order valence-corrected chi connectivity index (χ2v) is 11.6. The molecule has 0 unspecified atom stereocenters. The lowest BCUT2D eigenvalue weighted by molar-refractivity contribution is -0.149. The van der Waals surface area contributed by atoms with Gasteiger partial charge in [-0.2, -0.15) is 13.2 Å². The fourth-order valence-corrected chi connectivity index (χ4v) is 4.98. The highest BCUT2D eigenvalue weighted by atomic mass is 19.4. The zero-order chi connectivity index (χ0) is 33.1. The lowest BCUT2D eigenvalue weighted by atomic mass is 10.0. The second kappa shape index (κ2) is 16.6. The molecule has 1 aliphatic heterocycles. The number of aliphatic hydroxyl groups excluding tert-OH is 1. The van der Waals surface area contributed by atoms with E-state index in [-0.39, 0.29) is 43.2 Å². The molecule has 10 nitrogen and oxygen atoms in total. The van der Waals surface area contributed by atoms with Gasteiger partial charge in [0.05, 0.1) is 36.8 Å². The van der Waals surface area contributed by atoms with Crippen molar-refractivity contribution in [2.45, 2.75) is 77.3 Å². The number of carbonyl (C=O) groups is 3. The van der Waals surface area contributed by atoms with Crippen LogP contribution in [0.3, 0.4) is 0 Å². The van der Waals surface area contributed by atoms with Gasteiger partial charge in [0.1, 0.15) is 5.75 Å². The Morgan fingerprint density at radius 3 is 2.56 bits per heavy atom. The number of anilines is 1. The zero-order valence-electron chi connectivity index (χ0n) is 26.2. The van der Waals surface area contributed by atoms with Crippen molar-refractivity contribution in [3.63, 3.8) is 0 Å². The molecular formula is C32H43F3N4O6. The molecule has 3 rings (SSSR count). The minimum absolute atomic E-state index is 0.0364. The third-order valence-corrected chi connectivity index (χ3v) is 7.75. The number of amides is 3. The van der Waals surface area contributed by atoms with Crippen molar-refractivity contribution in [3.8, 4) is 5.75 Å². The van der Waals surface area contributed by atoms with E-state index in [0.717, 1.165) is 6.42 Å². The minimum atomic E-state index is -4.44. The van der Waals surface area contributed by atoms with Gasteiger partial charge in [0, 0.05) is 62.7 Å². The Morgan fingerprint density at radius 1 is 1.18 bits per heavy atom. The van der Waals surface area contributed by atoms with Crippen LogP contribution in [0.25, 0.3) is 0 Å². The van der Waals surface area contributed by atoms with Gasteiger partial charge in [0.2, 0.25) is 5.91 Å². The molecular weight excluding hydrogens is 593 g/mol. The Kier molecular flexibility index (Phi) is 13.2. The van der Waals surface area contributed by atoms with Gasteiger partial charge >= 0.3 is 6.18 Å². The van der Waals surface area contributed by atoms with E-state index in [0.29, 0.717) is 36.4 Å². The smallest absolute Gasteiger partial charge is 0.389 e. The number of fused-ring (bicyclic) bond motifs is 1. The summed E-state index contributed by atoms with van der Waals surface area (Å²) in [5.74, 6) is -1.53. The molecule has 0 spiro atoms. The molecule has 0 aliphatic carbocycles. The predicted molar refractivity (Wildman–Crippen MR) is 162 cm³/mol. The quantitative estimate of drug-likeness (QED) is 0.422. The number of halogens is 3. The first kappa shape index (κ1) is 35.8. The number of hydrogen-bond acceptors (Lipinski definition) is 7. The van der Waals surface area contributed by atoms with Gasteiger partial charge in [-0.1, -0.05) is 6.92 Å². The number of rotatable bonds is 8. The molecule has 1 aliphatic rings. The van der Waals surface area contributed by atoms with E-state index in [1.807, 2.05) is 13.8 Å². The highest BCUT2D eigenvalue weighted by molar-refractivity contribution is 6.05. The predicted octanol–water partition coefficient (Wildman–Crippen LogP) is 4.93. The monoisotopic (exact) mass is 636 g/mol. The molecule has 1 aromatic heterocycles. The Bertz CT molecular complexity index is 1280. The maximum atomic E-state index is 14.2. The third-order valence-electron chi connectivity index (χ3n) is 7.75. The molecule has 0 saturated heterocycles. The molecule has 4 atom stereocenters. The Labute approximate surface area is 261 Å². The van der Waals surface area contributed by atoms with Crippen molar-refractivity contribution in [1.82, 2.24) is 14.8 Å². The van der Waals surface area contributed by atoms with Crippen LogP contribution in [0.5, 0.6) is 5.75 Å². The van der Waals surface area contributed by atoms with E-state index < -0.39 is 43.0 Å². The lowest BCUT2D eigenvalue weighted by Gasteiger charge is -2.36. The van der Waals surface area contributed by atoms with Gasteiger partial charge in [-0.15, -0.1) is 0 Å². The van der Waals surface area contributed by atoms with E-state index in [1.54, 1.807) is 31.2 Å². The average Bonchev–Trinajstić information content (AvgIpc) is 3.01. The first-order chi connectivity index (χ1) is 21.3. The third kappa shape index (κ3) is 11.0. The highest BCUT2D eigenvalue weighted by Crippen LogP contribution is 2.29. The van der Waals surface area contributed by atoms with E-state index >= 15 is 0 Å². The van der Waals surface area contributed by atoms with Crippen LogP contribution in [0, 0.1) is 5.92 Å². The molecule has 0 radical (unpaired) electrons. The summed E-state index contributed by atoms with van der Waals surface area (Å²) in [6, 6.07) is 7.33. The van der Waals surface area contributed by atoms with Crippen LogP contribution in [0.4, 0.5) is 18.9 Å². The van der Waals surface area contributed by atoms with Crippen LogP contribution < -0.4 is 10.1 Å². The van der Waals surface area contributed by atoms with E-state index in [9.17, 15) is 32.7 Å². The van der Waals surface area contributed by atoms with Gasteiger partial charge in [-0.25, -0.2) is 0 Å². The van der Waals surface area contributed by atoms with Crippen LogP contribution in [-0.2, 0) is 9.53 Å². The van der Waals surface area contributed by atoms with Crippen molar-refractivity contribution in [2.24, 2.45) is 5.92 Å². The largest absolute Gasteiger partial charge is 0.490 e. The number of aromatic nitrogens is 1. The van der Waals surface area contributed by atoms with Crippen molar-refractivity contribution in [2.75, 3.05) is 38.7 Å². The zero-order valence-corrected chi connectivity index (χ0v) is 26.2. The number of benzene rings is 1. The van der Waals surface area contributed by atoms with Crippen molar-refractivity contribution in [1.29, 1.82) is 0 Å². The maximum absolute atomic E-state index is 14.2. The molecule has 3 amide bonds. The van der Waals surface area contributed by atoms with Gasteiger partial charge in [0.25, 0.3) is 11.8 Å². The molecule has 0 bridgehead atoms. The standard InChI is InChI=1S/C32H43F3N4O6/c1-21-18-39(22(2)20-40)31(43)26-17-25(37-30(42)24-11-14-36-15-12-24)8-9-27(26)45-23(3)7-5-6-16-44-28(21)19-38(4)29(41)10-13-32(33,34)35/h8-9,11-12,14-15,17,21-23,28,40H,5-7,10,13,16,18-20H2,1-4H3,(H,37,42)/t21-,22+,23+,28+/m1/s1. The SMILES string of the molecule is C[C@@H]1CN([C@@H](C)CO)C(=O)c2cc(NC(=O)c3ccncc3)ccc2O[C@@H](C)CCCCO[C@H]1CN(C)C(=O)CCC(F)(F)F. The van der Waals surface area contributed by atoms with E-state index in [1.165, 1.54) is 35.3 Å². The van der Waals surface area contributed by atoms with Crippen molar-refractivity contribution < 1.29 is 42.1 Å². The molecule has 248 valence electrons. The van der Waals surface area contributed by atoms with E-state index in [2.05, 4.69) is 10.3 Å². The summed E-state index contributed by atoms with van der Waals surface area (Å²) in [6.45, 7) is 5.57. The van der Waals surface area contributed by atoms with Crippen molar-refractivity contribution in [3.05, 3.63) is 53.9 Å². The summed E-state index contributed by atoms with van der Waals surface area (Å²) >= 11 is 0. The molecule has 2 N–H and O–H groups in total. The van der Waals surface area contributed by atoms with Gasteiger partial charge in [-0.05, 0) is 63.4 Å². The number of nitrogens with one attached hydrogen (secondary N) is 1. The number of nitrogens with zero attached hydrogens (tertiary/aromatic N) is 3. The first-order valence-electron chi connectivity index (χ1n) is 15.1. The summed E-state index contributed by atoms with van der Waals surface area (Å²) in [4.78, 5) is 46.2. The number of likely N-dealkylation sites (N-methyl/N-ethyl adjacent to an activating group) is 1. The molecule has 0 saturated carbocycles. The summed E-state index contributed by atoms with van der Waals surface area (Å²) in [6.07, 6.45) is -2.07. The normalized spacial score (nSPS) is 20.8. The summed E-state index contributed by atoms with van der Waals surface area (Å²) in [7, 11) is 1.44. The summed E-state index contributed by atoms with van der Waals surface area (Å²) < 4.78 is 50.5. The van der Waals surface area contributed by atoms with Crippen LogP contribution in [0.2, 0.25) is 0 Å². The maximum Gasteiger partial charge on any atom is 0.389 e.